The van der Waals surface area contributed by atoms with Crippen LogP contribution in [0.1, 0.15) is 82.0 Å². The van der Waals surface area contributed by atoms with Gasteiger partial charge in [0.1, 0.15) is 5.82 Å². The van der Waals surface area contributed by atoms with E-state index in [1.54, 1.807) is 26.2 Å². The van der Waals surface area contributed by atoms with Crippen molar-refractivity contribution in [3.8, 4) is 0 Å². The van der Waals surface area contributed by atoms with Gasteiger partial charge in [-0.3, -0.25) is 14.6 Å². The summed E-state index contributed by atoms with van der Waals surface area (Å²) in [6.07, 6.45) is 1.77. The summed E-state index contributed by atoms with van der Waals surface area (Å²) < 4.78 is 1.44. The predicted molar refractivity (Wildman–Crippen MR) is 138 cm³/mol. The Kier molecular flexibility index (Phi) is 6.86. The average Bonchev–Trinajstić information content (AvgIpc) is 3.21. The number of H-pyrrole nitrogens is 1. The van der Waals surface area contributed by atoms with Gasteiger partial charge in [0, 0.05) is 31.3 Å². The average molecular weight is 491 g/mol. The lowest BCUT2D eigenvalue weighted by Crippen LogP contribution is -2.38. The summed E-state index contributed by atoms with van der Waals surface area (Å²) in [7, 11) is 3.21. The number of amides is 2. The van der Waals surface area contributed by atoms with E-state index in [-0.39, 0.29) is 29.6 Å². The minimum Gasteiger partial charge on any atom is -0.355 e. The van der Waals surface area contributed by atoms with Crippen LogP contribution in [0.15, 0.2) is 41.2 Å². The Morgan fingerprint density at radius 3 is 1.89 bits per heavy atom. The molecule has 2 aromatic carbocycles. The molecule has 190 valence electrons. The Bertz CT molecular complexity index is 1300. The molecule has 3 aromatic rings. The molecule has 5 N–H and O–H groups in total. The van der Waals surface area contributed by atoms with Crippen molar-refractivity contribution in [3.05, 3.63) is 86.1 Å². The molecule has 1 atom stereocenters. The third-order valence-corrected chi connectivity index (χ3v) is 6.93. The number of rotatable bonds is 6. The maximum absolute atomic E-state index is 12.9. The van der Waals surface area contributed by atoms with Crippen molar-refractivity contribution < 1.29 is 9.59 Å². The van der Waals surface area contributed by atoms with Crippen LogP contribution in [-0.2, 0) is 18.3 Å². The summed E-state index contributed by atoms with van der Waals surface area (Å²) in [6.45, 7) is 5.75. The lowest BCUT2D eigenvalue weighted by Gasteiger charge is -2.36. The summed E-state index contributed by atoms with van der Waals surface area (Å²) in [5, 5.41) is 10.2. The largest absolute Gasteiger partial charge is 0.355 e. The van der Waals surface area contributed by atoms with Crippen LogP contribution in [0.5, 0.6) is 0 Å². The molecule has 0 spiro atoms. The van der Waals surface area contributed by atoms with Gasteiger partial charge < -0.3 is 16.4 Å². The lowest BCUT2D eigenvalue weighted by atomic mass is 9.68. The Labute approximate surface area is 210 Å². The molecule has 0 saturated carbocycles. The van der Waals surface area contributed by atoms with E-state index in [4.69, 9.17) is 10.8 Å². The van der Waals surface area contributed by atoms with Crippen LogP contribution in [0, 0.1) is 0 Å². The van der Waals surface area contributed by atoms with Crippen LogP contribution < -0.4 is 22.1 Å². The van der Waals surface area contributed by atoms with Gasteiger partial charge in [0.2, 0.25) is 0 Å². The van der Waals surface area contributed by atoms with Gasteiger partial charge in [0.25, 0.3) is 11.8 Å². The first-order valence-corrected chi connectivity index (χ1v) is 12.3. The van der Waals surface area contributed by atoms with Crippen LogP contribution in [0.3, 0.4) is 0 Å². The highest BCUT2D eigenvalue weighted by Gasteiger charge is 2.45. The maximum atomic E-state index is 12.9. The van der Waals surface area contributed by atoms with E-state index < -0.39 is 5.41 Å². The number of aromatic amines is 1. The minimum atomic E-state index is -0.878. The van der Waals surface area contributed by atoms with Gasteiger partial charge in [-0.15, -0.1) is 0 Å². The number of aromatic nitrogens is 3. The smallest absolute Gasteiger partial charge is 0.343 e. The van der Waals surface area contributed by atoms with Crippen molar-refractivity contribution in [2.24, 2.45) is 5.73 Å². The molecular weight excluding hydrogens is 456 g/mol. The minimum absolute atomic E-state index is 0.133. The van der Waals surface area contributed by atoms with Crippen molar-refractivity contribution in [2.75, 3.05) is 14.1 Å². The molecule has 9 nitrogen and oxygen atoms in total. The number of nitrogens with zero attached hydrogens (tertiary/aromatic N) is 2. The second-order valence-electron chi connectivity index (χ2n) is 9.81. The van der Waals surface area contributed by atoms with Gasteiger partial charge in [0.15, 0.2) is 0 Å². The topological polar surface area (TPSA) is 135 Å². The zero-order chi connectivity index (χ0) is 26.2. The predicted octanol–water partition coefficient (Wildman–Crippen LogP) is 2.04. The van der Waals surface area contributed by atoms with E-state index in [0.29, 0.717) is 36.2 Å². The number of benzene rings is 2. The van der Waals surface area contributed by atoms with Crippen molar-refractivity contribution >= 4 is 11.8 Å². The van der Waals surface area contributed by atoms with Crippen LogP contribution in [-0.4, -0.2) is 46.7 Å². The number of nitrogens with one attached hydrogen (secondary N) is 3. The summed E-state index contributed by atoms with van der Waals surface area (Å²) in [5.41, 5.74) is 10.3. The van der Waals surface area contributed by atoms with E-state index in [9.17, 15) is 14.4 Å². The lowest BCUT2D eigenvalue weighted by molar-refractivity contribution is 0.0955. The van der Waals surface area contributed by atoms with Crippen LogP contribution in [0.25, 0.3) is 0 Å². The molecular formula is C27H34N6O3. The molecule has 0 aliphatic heterocycles. The van der Waals surface area contributed by atoms with Gasteiger partial charge >= 0.3 is 5.69 Å². The fourth-order valence-corrected chi connectivity index (χ4v) is 5.35. The fourth-order valence-electron chi connectivity index (χ4n) is 5.35. The molecule has 1 heterocycles. The molecule has 36 heavy (non-hydrogen) atoms. The first kappa shape index (κ1) is 25.4. The quantitative estimate of drug-likeness (QED) is 0.419. The van der Waals surface area contributed by atoms with Gasteiger partial charge in [-0.2, -0.15) is 5.10 Å². The molecule has 1 aliphatic rings. The first-order chi connectivity index (χ1) is 17.1. The third-order valence-electron chi connectivity index (χ3n) is 6.93. The summed E-state index contributed by atoms with van der Waals surface area (Å²) in [4.78, 5) is 40.9. The number of nitrogens with two attached hydrogens (primary N) is 1. The van der Waals surface area contributed by atoms with Gasteiger partial charge in [0.05, 0.1) is 11.5 Å². The molecule has 1 aromatic heterocycles. The molecule has 0 radical (unpaired) electrons. The molecule has 0 bridgehead atoms. The number of aryl methyl sites for hydroxylation is 2. The van der Waals surface area contributed by atoms with Crippen molar-refractivity contribution in [3.63, 3.8) is 0 Å². The Morgan fingerprint density at radius 2 is 1.50 bits per heavy atom. The number of fused-ring (bicyclic) bond motifs is 2. The maximum Gasteiger partial charge on any atom is 0.343 e. The highest BCUT2D eigenvalue weighted by molar-refractivity contribution is 5.95. The van der Waals surface area contributed by atoms with Crippen LogP contribution in [0.2, 0.25) is 0 Å². The monoisotopic (exact) mass is 490 g/mol. The summed E-state index contributed by atoms with van der Waals surface area (Å²) in [5.74, 6) is 0.164. The number of carbonyl (C=O) groups is 2. The fraction of sp³-hybridized carbons (Fsp3) is 0.407. The SMILES string of the molecule is CNC(=O)c1ccc2c(c1)CCc1cc(C(=O)NC)ccc1C2(C[C@H](C)N)c1nn(C(C)C)c(=O)[nH]1. The second-order valence-corrected chi connectivity index (χ2v) is 9.81. The molecule has 0 unspecified atom stereocenters. The van der Waals surface area contributed by atoms with Crippen molar-refractivity contribution in [1.29, 1.82) is 0 Å². The molecule has 4 rings (SSSR count). The zero-order valence-electron chi connectivity index (χ0n) is 21.4. The Morgan fingerprint density at radius 1 is 1.00 bits per heavy atom. The van der Waals surface area contributed by atoms with E-state index in [1.165, 1.54) is 4.68 Å². The van der Waals surface area contributed by atoms with Gasteiger partial charge in [-0.1, -0.05) is 12.1 Å². The zero-order valence-corrected chi connectivity index (χ0v) is 21.4. The second kappa shape index (κ2) is 9.73. The Hall–Kier alpha value is -3.72. The summed E-state index contributed by atoms with van der Waals surface area (Å²) >= 11 is 0. The number of hydrogen-bond acceptors (Lipinski definition) is 5. The van der Waals surface area contributed by atoms with E-state index in [0.717, 1.165) is 22.3 Å². The van der Waals surface area contributed by atoms with Crippen LogP contribution in [0.4, 0.5) is 0 Å². The van der Waals surface area contributed by atoms with E-state index >= 15 is 0 Å². The highest BCUT2D eigenvalue weighted by Crippen LogP contribution is 2.46. The summed E-state index contributed by atoms with van der Waals surface area (Å²) in [6, 6.07) is 11.0. The first-order valence-electron chi connectivity index (χ1n) is 12.3. The third kappa shape index (κ3) is 4.24. The van der Waals surface area contributed by atoms with Gasteiger partial charge in [-0.05, 0) is 86.6 Å². The molecule has 0 saturated heterocycles. The molecule has 0 fully saturated rings. The highest BCUT2D eigenvalue weighted by atomic mass is 16.2. The van der Waals surface area contributed by atoms with Crippen LogP contribution >= 0.6 is 0 Å². The van der Waals surface area contributed by atoms with Crippen molar-refractivity contribution in [2.45, 2.75) is 57.5 Å². The van der Waals surface area contributed by atoms with Gasteiger partial charge in [-0.25, -0.2) is 9.48 Å². The molecule has 1 aliphatic carbocycles. The Balaban J connectivity index is 2.09. The number of carbonyl (C=O) groups excluding carboxylic acids is 2. The number of hydrogen-bond donors (Lipinski definition) is 4. The molecule has 9 heteroatoms. The van der Waals surface area contributed by atoms with Crippen molar-refractivity contribution in [1.82, 2.24) is 25.4 Å². The molecule has 2 amide bonds. The standard InChI is InChI=1S/C27H34N6O3/c1-15(2)33-26(36)31-25(32-33)27(14-16(3)28)21-10-8-19(23(34)29-4)12-17(21)6-7-18-13-20(24(35)30-5)9-11-22(18)27/h8-13,15-16H,6-7,14,28H2,1-5H3,(H,29,34)(H,30,35)(H,31,32,36)/t16-/m0/s1. The van der Waals surface area contributed by atoms with E-state index in [1.807, 2.05) is 45.0 Å². The van der Waals surface area contributed by atoms with E-state index in [2.05, 4.69) is 15.6 Å². The normalized spacial score (nSPS) is 15.0.